The summed E-state index contributed by atoms with van der Waals surface area (Å²) in [4.78, 5) is 0. The first-order chi connectivity index (χ1) is 8.67. The summed E-state index contributed by atoms with van der Waals surface area (Å²) in [6, 6.07) is 5.70. The number of benzene rings is 1. The Morgan fingerprint density at radius 3 is 2.42 bits per heavy atom. The number of hydrogen-bond donors (Lipinski definition) is 1. The highest BCUT2D eigenvalue weighted by Crippen LogP contribution is 2.42. The van der Waals surface area contributed by atoms with E-state index in [-0.39, 0.29) is 11.5 Å². The first kappa shape index (κ1) is 14.2. The summed E-state index contributed by atoms with van der Waals surface area (Å²) < 4.78 is 38.0. The lowest BCUT2D eigenvalue weighted by molar-refractivity contribution is -0.137. The number of anilines is 1. The van der Waals surface area contributed by atoms with Gasteiger partial charge in [0, 0.05) is 11.7 Å². The van der Waals surface area contributed by atoms with Crippen molar-refractivity contribution >= 4 is 5.69 Å². The van der Waals surface area contributed by atoms with Crippen molar-refractivity contribution in [3.63, 3.8) is 0 Å². The molecule has 0 amide bonds. The van der Waals surface area contributed by atoms with E-state index < -0.39 is 11.7 Å². The summed E-state index contributed by atoms with van der Waals surface area (Å²) in [5.74, 6) is 0.476. The Kier molecular flexibility index (Phi) is 3.54. The van der Waals surface area contributed by atoms with Crippen LogP contribution in [0.25, 0.3) is 0 Å². The average molecular weight is 271 g/mol. The van der Waals surface area contributed by atoms with Crippen LogP contribution in [0.3, 0.4) is 0 Å². The second-order valence-electron chi connectivity index (χ2n) is 6.38. The van der Waals surface area contributed by atoms with Crippen LogP contribution in [-0.4, -0.2) is 6.04 Å². The quantitative estimate of drug-likeness (QED) is 0.803. The Morgan fingerprint density at radius 1 is 1.21 bits per heavy atom. The van der Waals surface area contributed by atoms with Gasteiger partial charge in [0.1, 0.15) is 0 Å². The maximum absolute atomic E-state index is 12.7. The van der Waals surface area contributed by atoms with Gasteiger partial charge in [-0.25, -0.2) is 0 Å². The van der Waals surface area contributed by atoms with Gasteiger partial charge >= 0.3 is 6.18 Å². The Bertz CT molecular complexity index is 451. The van der Waals surface area contributed by atoms with Crippen molar-refractivity contribution in [3.05, 3.63) is 29.8 Å². The van der Waals surface area contributed by atoms with Crippen LogP contribution in [0, 0.1) is 11.3 Å². The van der Waals surface area contributed by atoms with Crippen molar-refractivity contribution in [2.24, 2.45) is 11.3 Å². The molecule has 0 bridgehead atoms. The molecule has 1 nitrogen and oxygen atoms in total. The summed E-state index contributed by atoms with van der Waals surface area (Å²) in [5, 5.41) is 3.26. The molecule has 1 aliphatic rings. The fourth-order valence-electron chi connectivity index (χ4n) is 3.09. The number of alkyl halides is 3. The molecule has 0 spiro atoms. The Labute approximate surface area is 112 Å². The smallest absolute Gasteiger partial charge is 0.382 e. The predicted octanol–water partition coefficient (Wildman–Crippen LogP) is 4.94. The van der Waals surface area contributed by atoms with E-state index in [1.165, 1.54) is 12.1 Å². The lowest BCUT2D eigenvalue weighted by Gasteiger charge is -2.20. The number of rotatable bonds is 2. The molecule has 0 heterocycles. The summed E-state index contributed by atoms with van der Waals surface area (Å²) in [7, 11) is 0. The van der Waals surface area contributed by atoms with Crippen molar-refractivity contribution in [3.8, 4) is 0 Å². The van der Waals surface area contributed by atoms with Gasteiger partial charge in [-0.15, -0.1) is 0 Å². The zero-order valence-corrected chi connectivity index (χ0v) is 11.5. The molecule has 0 radical (unpaired) electrons. The second kappa shape index (κ2) is 4.73. The van der Waals surface area contributed by atoms with Crippen LogP contribution in [-0.2, 0) is 6.18 Å². The van der Waals surface area contributed by atoms with Crippen LogP contribution in [0.2, 0.25) is 0 Å². The standard InChI is InChI=1S/C15H20F3N/c1-10-8-14(2,3)9-13(10)19-12-6-4-5-11(7-12)15(16,17)18/h4-7,10,13,19H,8-9H2,1-3H3. The third-order valence-electron chi connectivity index (χ3n) is 3.88. The number of hydrogen-bond acceptors (Lipinski definition) is 1. The van der Waals surface area contributed by atoms with Crippen LogP contribution in [0.4, 0.5) is 18.9 Å². The first-order valence-electron chi connectivity index (χ1n) is 6.61. The van der Waals surface area contributed by atoms with E-state index >= 15 is 0 Å². The summed E-state index contributed by atoms with van der Waals surface area (Å²) >= 11 is 0. The van der Waals surface area contributed by atoms with Crippen LogP contribution in [0.15, 0.2) is 24.3 Å². The number of halogens is 3. The van der Waals surface area contributed by atoms with Gasteiger partial charge in [0.15, 0.2) is 0 Å². The Hall–Kier alpha value is -1.19. The lowest BCUT2D eigenvalue weighted by atomic mass is 9.91. The van der Waals surface area contributed by atoms with Crippen LogP contribution in [0.1, 0.15) is 39.2 Å². The Morgan fingerprint density at radius 2 is 1.89 bits per heavy atom. The topological polar surface area (TPSA) is 12.0 Å². The van der Waals surface area contributed by atoms with E-state index in [2.05, 4.69) is 26.1 Å². The summed E-state index contributed by atoms with van der Waals surface area (Å²) in [6.45, 7) is 6.56. The van der Waals surface area contributed by atoms with Gasteiger partial charge in [-0.2, -0.15) is 13.2 Å². The van der Waals surface area contributed by atoms with Crippen LogP contribution < -0.4 is 5.32 Å². The third kappa shape index (κ3) is 3.43. The molecular weight excluding hydrogens is 251 g/mol. The minimum absolute atomic E-state index is 0.249. The van der Waals surface area contributed by atoms with Crippen LogP contribution >= 0.6 is 0 Å². The van der Waals surface area contributed by atoms with Gasteiger partial charge in [0.05, 0.1) is 5.56 Å². The van der Waals surface area contributed by atoms with Gasteiger partial charge in [-0.05, 0) is 42.4 Å². The molecule has 4 heteroatoms. The van der Waals surface area contributed by atoms with Crippen molar-refractivity contribution in [2.45, 2.75) is 45.8 Å². The fraction of sp³-hybridized carbons (Fsp3) is 0.600. The van der Waals surface area contributed by atoms with Gasteiger partial charge in [0.2, 0.25) is 0 Å². The molecule has 1 saturated carbocycles. The molecule has 1 fully saturated rings. The minimum atomic E-state index is -4.28. The highest BCUT2D eigenvalue weighted by Gasteiger charge is 2.37. The van der Waals surface area contributed by atoms with E-state index in [1.807, 2.05) is 0 Å². The van der Waals surface area contributed by atoms with Gasteiger partial charge in [-0.3, -0.25) is 0 Å². The summed E-state index contributed by atoms with van der Waals surface area (Å²) in [5.41, 5.74) is 0.227. The van der Waals surface area contributed by atoms with E-state index in [9.17, 15) is 13.2 Å². The van der Waals surface area contributed by atoms with Crippen molar-refractivity contribution in [1.82, 2.24) is 0 Å². The fourth-order valence-corrected chi connectivity index (χ4v) is 3.09. The van der Waals surface area contributed by atoms with E-state index in [1.54, 1.807) is 6.07 Å². The maximum atomic E-state index is 12.7. The van der Waals surface area contributed by atoms with Gasteiger partial charge < -0.3 is 5.32 Å². The molecule has 1 N–H and O–H groups in total. The monoisotopic (exact) mass is 271 g/mol. The molecule has 1 aromatic rings. The third-order valence-corrected chi connectivity index (χ3v) is 3.88. The van der Waals surface area contributed by atoms with Gasteiger partial charge in [0.25, 0.3) is 0 Å². The normalized spacial score (nSPS) is 26.4. The molecule has 1 aliphatic carbocycles. The first-order valence-corrected chi connectivity index (χ1v) is 6.61. The Balaban J connectivity index is 2.12. The molecule has 0 saturated heterocycles. The second-order valence-corrected chi connectivity index (χ2v) is 6.38. The van der Waals surface area contributed by atoms with Crippen molar-refractivity contribution < 1.29 is 13.2 Å². The summed E-state index contributed by atoms with van der Waals surface area (Å²) in [6.07, 6.45) is -2.19. The largest absolute Gasteiger partial charge is 0.416 e. The molecule has 106 valence electrons. The number of nitrogens with one attached hydrogen (secondary N) is 1. The molecule has 2 atom stereocenters. The van der Waals surface area contributed by atoms with Gasteiger partial charge in [-0.1, -0.05) is 26.8 Å². The molecule has 0 aliphatic heterocycles. The van der Waals surface area contributed by atoms with E-state index in [4.69, 9.17) is 0 Å². The van der Waals surface area contributed by atoms with E-state index in [0.717, 1.165) is 18.9 Å². The zero-order chi connectivity index (χ0) is 14.3. The van der Waals surface area contributed by atoms with Crippen molar-refractivity contribution in [2.75, 3.05) is 5.32 Å². The minimum Gasteiger partial charge on any atom is -0.382 e. The average Bonchev–Trinajstić information content (AvgIpc) is 2.51. The molecule has 1 aromatic carbocycles. The predicted molar refractivity (Wildman–Crippen MR) is 71.0 cm³/mol. The zero-order valence-electron chi connectivity index (χ0n) is 11.5. The SMILES string of the molecule is CC1CC(C)(C)CC1Nc1cccc(C(F)(F)F)c1. The molecule has 2 unspecified atom stereocenters. The highest BCUT2D eigenvalue weighted by molar-refractivity contribution is 5.47. The van der Waals surface area contributed by atoms with Crippen molar-refractivity contribution in [1.29, 1.82) is 0 Å². The highest BCUT2D eigenvalue weighted by atomic mass is 19.4. The molecule has 0 aromatic heterocycles. The molecule has 19 heavy (non-hydrogen) atoms. The van der Waals surface area contributed by atoms with E-state index in [0.29, 0.717) is 11.6 Å². The van der Waals surface area contributed by atoms with Crippen LogP contribution in [0.5, 0.6) is 0 Å². The lowest BCUT2D eigenvalue weighted by Crippen LogP contribution is -2.22. The molecular formula is C15H20F3N. The molecule has 2 rings (SSSR count). The maximum Gasteiger partial charge on any atom is 0.416 e.